The van der Waals surface area contributed by atoms with Gasteiger partial charge in [-0.2, -0.15) is 23.5 Å². The predicted molar refractivity (Wildman–Crippen MR) is 39.9 cm³/mol. The molecule has 0 bridgehead atoms. The van der Waals surface area contributed by atoms with Gasteiger partial charge in [0.05, 0.1) is 0 Å². The zero-order valence-electron chi connectivity index (χ0n) is 7.93. The summed E-state index contributed by atoms with van der Waals surface area (Å²) in [7, 11) is -16.2. The minimum Gasteiger partial charge on any atom is 4.00 e. The minimum absolute atomic E-state index is 0. The van der Waals surface area contributed by atoms with E-state index in [-0.39, 0.29) is 53.1 Å². The molecule has 0 radical (unpaired) electrons. The van der Waals surface area contributed by atoms with Crippen LogP contribution in [0.4, 0.5) is 0 Å². The van der Waals surface area contributed by atoms with E-state index >= 15 is 0 Å². The van der Waals surface area contributed by atoms with Crippen LogP contribution in [0.1, 0.15) is 0 Å². The third-order valence-corrected chi connectivity index (χ3v) is 0. The summed E-state index contributed by atoms with van der Waals surface area (Å²) in [5, 5.41) is 0. The van der Waals surface area contributed by atoms with Crippen LogP contribution in [-0.2, 0) is 34.8 Å². The molecule has 0 saturated carbocycles. The van der Waals surface area contributed by atoms with E-state index in [1.165, 1.54) is 0 Å². The van der Waals surface area contributed by atoms with Gasteiger partial charge < -0.3 is 57.7 Å². The van der Waals surface area contributed by atoms with Gasteiger partial charge >= 0.3 is 53.1 Å². The Balaban J connectivity index is -0.0000000277. The summed E-state index contributed by atoms with van der Waals surface area (Å²) < 4.78 is 25.6. The summed E-state index contributed by atoms with van der Waals surface area (Å²) in [6.07, 6.45) is 0. The van der Waals surface area contributed by atoms with Crippen molar-refractivity contribution < 1.29 is 78.8 Å². The van der Waals surface area contributed by atoms with Crippen LogP contribution in [0, 0.1) is 0 Å². The summed E-state index contributed by atoms with van der Waals surface area (Å²) in [5.74, 6) is 0. The first-order valence-corrected chi connectivity index (χ1v) is 6.57. The summed E-state index contributed by atoms with van der Waals surface area (Å²) in [6, 6.07) is 0. The van der Waals surface area contributed by atoms with Crippen molar-refractivity contribution in [1.82, 2.24) is 0 Å². The Morgan fingerprint density at radius 2 is 0.500 bits per heavy atom. The van der Waals surface area contributed by atoms with Crippen molar-refractivity contribution in [1.29, 1.82) is 0 Å². The van der Waals surface area contributed by atoms with Crippen LogP contribution in [0.2, 0.25) is 0 Å². The van der Waals surface area contributed by atoms with Crippen LogP contribution >= 0.6 is 23.5 Å². The van der Waals surface area contributed by atoms with Gasteiger partial charge in [0.1, 0.15) is 0 Å². The van der Waals surface area contributed by atoms with E-state index < -0.39 is 23.5 Å². The third kappa shape index (κ3) is 1450. The van der Waals surface area contributed by atoms with Crippen LogP contribution < -0.4 is 44.0 Å². The number of rotatable bonds is 0. The summed E-state index contributed by atoms with van der Waals surface area (Å²) >= 11 is 0. The quantitative estimate of drug-likeness (QED) is 0.183. The van der Waals surface area contributed by atoms with Crippen molar-refractivity contribution in [2.24, 2.45) is 0 Å². The van der Waals surface area contributed by atoms with Crippen molar-refractivity contribution >= 4 is 55.5 Å². The number of hydrogen-bond donors (Lipinski definition) is 0. The summed E-state index contributed by atoms with van der Waals surface area (Å²) in [5.41, 5.74) is 0. The third-order valence-electron chi connectivity index (χ3n) is 0. The van der Waals surface area contributed by atoms with E-state index in [1.54, 1.807) is 0 Å². The molecular weight excluding hydrogens is 607 g/mol. The van der Waals surface area contributed by atoms with Crippen molar-refractivity contribution in [2.45, 2.75) is 0 Å². The van der Waals surface area contributed by atoms with Crippen LogP contribution in [0.15, 0.2) is 0 Å². The second-order valence-corrected chi connectivity index (χ2v) is 4.02. The van der Waals surface area contributed by atoms with Crippen molar-refractivity contribution in [3.05, 3.63) is 0 Å². The molecule has 0 aliphatic carbocycles. The van der Waals surface area contributed by atoms with Gasteiger partial charge in [0.2, 0.25) is 0 Å². The molecule has 18 heavy (non-hydrogen) atoms. The molecule has 106 valence electrons. The van der Waals surface area contributed by atoms with Crippen molar-refractivity contribution in [3.63, 3.8) is 0 Å². The van der Waals surface area contributed by atoms with Crippen LogP contribution in [0.5, 0.6) is 0 Å². The molecule has 0 atom stereocenters. The molecule has 0 aliphatic rings. The molecule has 0 aliphatic heterocycles. The molecule has 0 aromatic heterocycles. The molecule has 0 amide bonds. The van der Waals surface area contributed by atoms with Crippen LogP contribution in [0.3, 0.4) is 0 Å². The molecular formula is H4BO12P3TeW. The molecule has 0 spiro atoms. The maximum Gasteiger partial charge on any atom is 4.00 e. The monoisotopic (exact) mass is 614 g/mol. The first kappa shape index (κ1) is 36.8. The number of phosphoric acid groups is 3. The van der Waals surface area contributed by atoms with E-state index in [0.29, 0.717) is 0 Å². The maximum atomic E-state index is 8.55. The van der Waals surface area contributed by atoms with Gasteiger partial charge in [0.25, 0.3) is 0 Å². The van der Waals surface area contributed by atoms with Crippen LogP contribution in [0.25, 0.3) is 0 Å². The topological polar surface area (TPSA) is 259 Å². The average Bonchev–Trinajstić information content (AvgIpc) is 1.41. The Labute approximate surface area is 134 Å². The van der Waals surface area contributed by atoms with Gasteiger partial charge in [-0.25, -0.2) is 0 Å². The molecule has 0 aromatic carbocycles. The van der Waals surface area contributed by atoms with Gasteiger partial charge in [-0.05, 0) is 0 Å². The Kier molecular flexibility index (Phi) is 31.2. The molecule has 0 N–H and O–H groups in total. The predicted octanol–water partition coefficient (Wildman–Crippen LogP) is -10.3. The Bertz CT molecular complexity index is 213. The van der Waals surface area contributed by atoms with E-state index in [1.807, 2.05) is 0 Å². The van der Waals surface area contributed by atoms with Gasteiger partial charge in [-0.1, -0.05) is 0 Å². The fourth-order valence-corrected chi connectivity index (χ4v) is 0. The molecule has 0 rings (SSSR count). The van der Waals surface area contributed by atoms with E-state index in [9.17, 15) is 0 Å². The smallest absolute Gasteiger partial charge is 4.00 e. The molecule has 12 nitrogen and oxygen atoms in total. The Hall–Kier alpha value is 1.87. The maximum absolute atomic E-state index is 8.55. The second-order valence-electron chi connectivity index (χ2n) is 1.34. The van der Waals surface area contributed by atoms with Gasteiger partial charge in [0.15, 0.2) is 0 Å². The number of hydrogen-bond acceptors (Lipinski definition) is 12. The SMILES string of the molecule is O=P([O-])([O-])[O-].O=P([O-])([O-])[O-].O=P([O-])([O-])[O-].[B+3].[TeH4+2].[W+4]. The van der Waals surface area contributed by atoms with Gasteiger partial charge in [-0.15, -0.1) is 0 Å². The minimum atomic E-state index is -5.39. The molecule has 18 heteroatoms. The normalized spacial score (nSPS) is 9.83. The van der Waals surface area contributed by atoms with Gasteiger partial charge in [-0.3, -0.25) is 0 Å². The summed E-state index contributed by atoms with van der Waals surface area (Å²) in [4.78, 5) is 76.9. The largest absolute Gasteiger partial charge is 4.00 e. The Morgan fingerprint density at radius 1 is 0.500 bits per heavy atom. The van der Waals surface area contributed by atoms with Gasteiger partial charge in [0, 0.05) is 0 Å². The van der Waals surface area contributed by atoms with Crippen molar-refractivity contribution in [2.75, 3.05) is 0 Å². The van der Waals surface area contributed by atoms with E-state index in [2.05, 4.69) is 0 Å². The molecule has 0 fully saturated rings. The zero-order valence-corrected chi connectivity index (χ0v) is 17.6. The summed E-state index contributed by atoms with van der Waals surface area (Å²) in [6.45, 7) is 0. The molecule has 0 saturated heterocycles. The van der Waals surface area contributed by atoms with E-state index in [0.717, 1.165) is 0 Å². The Morgan fingerprint density at radius 3 is 0.500 bits per heavy atom. The van der Waals surface area contributed by atoms with Crippen molar-refractivity contribution in [3.8, 4) is 0 Å². The van der Waals surface area contributed by atoms with E-state index in [4.69, 9.17) is 57.7 Å². The second kappa shape index (κ2) is 15.3. The molecule has 0 heterocycles. The van der Waals surface area contributed by atoms with Crippen LogP contribution in [-0.4, -0.2) is 32.1 Å². The first-order chi connectivity index (χ1) is 6.00. The first-order valence-electron chi connectivity index (χ1n) is 2.19. The molecule has 0 unspecified atom stereocenters. The molecule has 0 aromatic rings. The fourth-order valence-electron chi connectivity index (χ4n) is 0. The fraction of sp³-hybridized carbons (Fsp3) is 0. The zero-order chi connectivity index (χ0) is 13.5. The average molecular weight is 611 g/mol. The standard InChI is InChI=1S/B.3H3O4P.H4Te.W/c;3*1-5(2,3)4;;/h;3*(H3,1,2,3,4);1H4;/q+3;;;;+2;+4/p-9.